The average molecular weight is 356 g/mol. The number of thioether (sulfide) groups is 1. The van der Waals surface area contributed by atoms with Crippen LogP contribution < -0.4 is 4.74 Å². The molecule has 0 radical (unpaired) electrons. The van der Waals surface area contributed by atoms with Gasteiger partial charge in [-0.1, -0.05) is 12.1 Å². The van der Waals surface area contributed by atoms with Gasteiger partial charge >= 0.3 is 0 Å². The van der Waals surface area contributed by atoms with E-state index in [0.717, 1.165) is 47.8 Å². The van der Waals surface area contributed by atoms with Crippen LogP contribution in [0.25, 0.3) is 0 Å². The number of rotatable bonds is 5. The molecule has 1 amide bonds. The van der Waals surface area contributed by atoms with Gasteiger partial charge in [0.2, 0.25) is 0 Å². The second-order valence-electron chi connectivity index (χ2n) is 6.38. The lowest BCUT2D eigenvalue weighted by molar-refractivity contribution is 0.0657. The van der Waals surface area contributed by atoms with Gasteiger partial charge in [-0.2, -0.15) is 0 Å². The molecule has 0 N–H and O–H groups in total. The highest BCUT2D eigenvalue weighted by Crippen LogP contribution is 2.25. The quantitative estimate of drug-likeness (QED) is 0.758. The van der Waals surface area contributed by atoms with Crippen LogP contribution >= 0.6 is 11.8 Å². The average Bonchev–Trinajstić information content (AvgIpc) is 2.66. The fraction of sp³-hybridized carbons (Fsp3) is 0.400. The monoisotopic (exact) mass is 356 g/mol. The van der Waals surface area contributed by atoms with Crippen molar-refractivity contribution in [3.63, 3.8) is 0 Å². The number of likely N-dealkylation sites (tertiary alicyclic amines) is 1. The van der Waals surface area contributed by atoms with Crippen molar-refractivity contribution in [1.82, 2.24) is 9.88 Å². The Kier molecular flexibility index (Phi) is 5.97. The topological polar surface area (TPSA) is 42.4 Å². The van der Waals surface area contributed by atoms with Crippen molar-refractivity contribution in [2.45, 2.75) is 24.7 Å². The first-order chi connectivity index (χ1) is 12.2. The molecule has 1 saturated heterocycles. The summed E-state index contributed by atoms with van der Waals surface area (Å²) in [6, 6.07) is 11.7. The van der Waals surface area contributed by atoms with Crippen LogP contribution in [0.15, 0.2) is 47.5 Å². The van der Waals surface area contributed by atoms with Crippen LogP contribution in [0.2, 0.25) is 0 Å². The summed E-state index contributed by atoms with van der Waals surface area (Å²) in [4.78, 5) is 20.0. The predicted octanol–water partition coefficient (Wildman–Crippen LogP) is 4.04. The largest absolute Gasteiger partial charge is 0.493 e. The highest BCUT2D eigenvalue weighted by Gasteiger charge is 2.25. The number of ether oxygens (including phenoxy) is 1. The Morgan fingerprint density at radius 1 is 1.28 bits per heavy atom. The number of piperidine rings is 1. The molecule has 5 heteroatoms. The number of aryl methyl sites for hydroxylation is 1. The first-order valence-corrected chi connectivity index (χ1v) is 9.87. The van der Waals surface area contributed by atoms with E-state index in [1.54, 1.807) is 18.0 Å². The highest BCUT2D eigenvalue weighted by molar-refractivity contribution is 7.98. The summed E-state index contributed by atoms with van der Waals surface area (Å²) >= 11 is 1.62. The van der Waals surface area contributed by atoms with Gasteiger partial charge in [-0.15, -0.1) is 11.8 Å². The first-order valence-electron chi connectivity index (χ1n) is 8.65. The van der Waals surface area contributed by atoms with E-state index in [1.165, 1.54) is 0 Å². The molecule has 0 spiro atoms. The van der Waals surface area contributed by atoms with Gasteiger partial charge in [-0.25, -0.2) is 0 Å². The maximum absolute atomic E-state index is 12.8. The zero-order valence-electron chi connectivity index (χ0n) is 14.8. The van der Waals surface area contributed by atoms with Crippen molar-refractivity contribution in [2.75, 3.05) is 26.0 Å². The van der Waals surface area contributed by atoms with Crippen molar-refractivity contribution in [1.29, 1.82) is 0 Å². The van der Waals surface area contributed by atoms with Crippen LogP contribution in [-0.4, -0.2) is 41.7 Å². The van der Waals surface area contributed by atoms with Crippen molar-refractivity contribution in [2.24, 2.45) is 5.92 Å². The summed E-state index contributed by atoms with van der Waals surface area (Å²) in [5, 5.41) is 0. The Labute approximate surface area is 153 Å². The lowest BCUT2D eigenvalue weighted by Crippen LogP contribution is -2.39. The third-order valence-corrected chi connectivity index (χ3v) is 5.39. The van der Waals surface area contributed by atoms with Gasteiger partial charge in [0.15, 0.2) is 0 Å². The molecule has 1 fully saturated rings. The fourth-order valence-corrected chi connectivity index (χ4v) is 3.71. The molecular weight excluding hydrogens is 332 g/mol. The number of aromatic nitrogens is 1. The standard InChI is InChI=1S/C20H24N2O2S/c1-15-13-17(7-10-21-15)24-14-16-8-11-22(12-9-16)20(23)18-5-3-4-6-19(18)25-2/h3-7,10,13,16H,8-9,11-12,14H2,1-2H3. The Morgan fingerprint density at radius 2 is 2.04 bits per heavy atom. The van der Waals surface area contributed by atoms with Crippen LogP contribution in [-0.2, 0) is 0 Å². The maximum atomic E-state index is 12.8. The highest BCUT2D eigenvalue weighted by atomic mass is 32.2. The molecule has 2 heterocycles. The lowest BCUT2D eigenvalue weighted by Gasteiger charge is -2.32. The van der Waals surface area contributed by atoms with Gasteiger partial charge in [-0.05, 0) is 50.1 Å². The van der Waals surface area contributed by atoms with E-state index in [-0.39, 0.29) is 5.91 Å². The third-order valence-electron chi connectivity index (χ3n) is 4.59. The number of pyridine rings is 1. The Hall–Kier alpha value is -2.01. The van der Waals surface area contributed by atoms with Crippen LogP contribution in [0, 0.1) is 12.8 Å². The minimum atomic E-state index is 0.147. The normalized spacial score (nSPS) is 15.2. The molecule has 3 rings (SSSR count). The van der Waals surface area contributed by atoms with Crippen LogP contribution in [0.5, 0.6) is 5.75 Å². The summed E-state index contributed by atoms with van der Waals surface area (Å²) in [5.41, 5.74) is 1.78. The smallest absolute Gasteiger partial charge is 0.254 e. The number of carbonyl (C=O) groups excluding carboxylic acids is 1. The number of hydrogen-bond acceptors (Lipinski definition) is 4. The van der Waals surface area contributed by atoms with Crippen molar-refractivity contribution >= 4 is 17.7 Å². The minimum absolute atomic E-state index is 0.147. The minimum Gasteiger partial charge on any atom is -0.493 e. The van der Waals surface area contributed by atoms with Gasteiger partial charge < -0.3 is 9.64 Å². The third kappa shape index (κ3) is 4.54. The molecule has 1 aliphatic rings. The summed E-state index contributed by atoms with van der Waals surface area (Å²) in [6.07, 6.45) is 5.75. The summed E-state index contributed by atoms with van der Waals surface area (Å²) in [5.74, 6) is 1.52. The van der Waals surface area contributed by atoms with Gasteiger partial charge in [0.25, 0.3) is 5.91 Å². The van der Waals surface area contributed by atoms with Crippen molar-refractivity contribution in [3.8, 4) is 5.75 Å². The van der Waals surface area contributed by atoms with Crippen LogP contribution in [0.1, 0.15) is 28.9 Å². The van der Waals surface area contributed by atoms with Gasteiger partial charge in [0, 0.05) is 35.9 Å². The Balaban J connectivity index is 1.52. The number of carbonyl (C=O) groups is 1. The van der Waals surface area contributed by atoms with Gasteiger partial charge in [0.1, 0.15) is 5.75 Å². The summed E-state index contributed by atoms with van der Waals surface area (Å²) in [7, 11) is 0. The molecule has 4 nitrogen and oxygen atoms in total. The van der Waals surface area contributed by atoms with E-state index in [4.69, 9.17) is 4.74 Å². The summed E-state index contributed by atoms with van der Waals surface area (Å²) in [6.45, 7) is 4.26. The molecule has 0 saturated carbocycles. The molecule has 0 unspecified atom stereocenters. The molecule has 0 bridgehead atoms. The number of nitrogens with zero attached hydrogens (tertiary/aromatic N) is 2. The molecule has 132 valence electrons. The van der Waals surface area contributed by atoms with E-state index in [0.29, 0.717) is 12.5 Å². The molecule has 1 aliphatic heterocycles. The number of amides is 1. The Morgan fingerprint density at radius 3 is 2.76 bits per heavy atom. The zero-order valence-corrected chi connectivity index (χ0v) is 15.6. The number of hydrogen-bond donors (Lipinski definition) is 0. The van der Waals surface area contributed by atoms with Gasteiger partial charge in [-0.3, -0.25) is 9.78 Å². The Bertz CT molecular complexity index is 727. The molecule has 1 aromatic heterocycles. The van der Waals surface area contributed by atoms with Crippen LogP contribution in [0.3, 0.4) is 0 Å². The molecular formula is C20H24N2O2S. The molecule has 0 atom stereocenters. The van der Waals surface area contributed by atoms with E-state index in [2.05, 4.69) is 4.98 Å². The lowest BCUT2D eigenvalue weighted by atomic mass is 9.97. The van der Waals surface area contributed by atoms with E-state index in [9.17, 15) is 4.79 Å². The number of benzene rings is 1. The maximum Gasteiger partial charge on any atom is 0.254 e. The van der Waals surface area contributed by atoms with Crippen LogP contribution in [0.4, 0.5) is 0 Å². The molecule has 25 heavy (non-hydrogen) atoms. The van der Waals surface area contributed by atoms with Gasteiger partial charge in [0.05, 0.1) is 12.2 Å². The van der Waals surface area contributed by atoms with Crippen molar-refractivity contribution < 1.29 is 9.53 Å². The summed E-state index contributed by atoms with van der Waals surface area (Å²) < 4.78 is 5.90. The zero-order chi connectivity index (χ0) is 17.6. The molecule has 2 aromatic rings. The van der Waals surface area contributed by atoms with Crippen molar-refractivity contribution in [3.05, 3.63) is 53.9 Å². The second kappa shape index (κ2) is 8.39. The first kappa shape index (κ1) is 17.8. The van der Waals surface area contributed by atoms with E-state index < -0.39 is 0 Å². The molecule has 1 aromatic carbocycles. The molecule has 0 aliphatic carbocycles. The predicted molar refractivity (Wildman–Crippen MR) is 101 cm³/mol. The second-order valence-corrected chi connectivity index (χ2v) is 7.23. The van der Waals surface area contributed by atoms with E-state index >= 15 is 0 Å². The SMILES string of the molecule is CSc1ccccc1C(=O)N1CCC(COc2ccnc(C)c2)CC1. The fourth-order valence-electron chi connectivity index (χ4n) is 3.12. The van der Waals surface area contributed by atoms with E-state index in [1.807, 2.05) is 54.5 Å².